The Balaban J connectivity index is 1.89. The second kappa shape index (κ2) is 4.81. The van der Waals surface area contributed by atoms with E-state index in [0.29, 0.717) is 17.6 Å². The molecule has 1 heterocycles. The molecule has 1 aliphatic heterocycles. The molecule has 1 aliphatic carbocycles. The lowest BCUT2D eigenvalue weighted by molar-refractivity contribution is -0.135. The summed E-state index contributed by atoms with van der Waals surface area (Å²) < 4.78 is 5.56. The second-order valence-corrected chi connectivity index (χ2v) is 5.44. The smallest absolute Gasteiger partial charge is 0.261 e. The van der Waals surface area contributed by atoms with E-state index in [1.54, 1.807) is 6.07 Å². The second-order valence-electron chi connectivity index (χ2n) is 5.00. The number of amides is 1. The summed E-state index contributed by atoms with van der Waals surface area (Å²) in [7, 11) is 0. The maximum Gasteiger partial charge on any atom is 0.261 e. The van der Waals surface area contributed by atoms with E-state index in [-0.39, 0.29) is 12.5 Å². The molecule has 0 atom stereocenters. The molecule has 0 unspecified atom stereocenters. The van der Waals surface area contributed by atoms with Gasteiger partial charge in [-0.15, -0.1) is 0 Å². The van der Waals surface area contributed by atoms with Gasteiger partial charge in [-0.2, -0.15) is 0 Å². The molecule has 0 N–H and O–H groups in total. The fourth-order valence-electron chi connectivity index (χ4n) is 2.86. The fraction of sp³-hybridized carbons (Fsp3) is 0.500. The third kappa shape index (κ3) is 2.19. The van der Waals surface area contributed by atoms with E-state index in [1.165, 1.54) is 12.8 Å². The number of carbonyl (C=O) groups excluding carboxylic acids is 1. The first-order valence-electron chi connectivity index (χ1n) is 6.45. The van der Waals surface area contributed by atoms with E-state index in [1.807, 2.05) is 17.0 Å². The number of rotatable bonds is 1. The maximum atomic E-state index is 12.1. The topological polar surface area (TPSA) is 29.5 Å². The average molecular weight is 266 g/mol. The molecule has 1 aromatic carbocycles. The largest absolute Gasteiger partial charge is 0.483 e. The summed E-state index contributed by atoms with van der Waals surface area (Å²) in [5.74, 6) is 0.877. The van der Waals surface area contributed by atoms with Crippen molar-refractivity contribution in [3.63, 3.8) is 0 Å². The van der Waals surface area contributed by atoms with Crippen LogP contribution in [0.2, 0.25) is 5.02 Å². The summed E-state index contributed by atoms with van der Waals surface area (Å²) >= 11 is 6.01. The molecule has 4 heteroatoms. The van der Waals surface area contributed by atoms with E-state index >= 15 is 0 Å². The van der Waals surface area contributed by atoms with Crippen molar-refractivity contribution in [1.29, 1.82) is 0 Å². The van der Waals surface area contributed by atoms with Gasteiger partial charge in [-0.3, -0.25) is 4.79 Å². The van der Waals surface area contributed by atoms with Crippen molar-refractivity contribution in [2.24, 2.45) is 0 Å². The molecule has 0 aromatic heterocycles. The van der Waals surface area contributed by atoms with Gasteiger partial charge in [0, 0.05) is 23.2 Å². The predicted octanol–water partition coefficient (Wildman–Crippen LogP) is 3.00. The van der Waals surface area contributed by atoms with Gasteiger partial charge in [0.05, 0.1) is 0 Å². The lowest BCUT2D eigenvalue weighted by atomic mass is 10.1. The Morgan fingerprint density at radius 1 is 1.28 bits per heavy atom. The minimum Gasteiger partial charge on any atom is -0.483 e. The van der Waals surface area contributed by atoms with Crippen LogP contribution in [0.5, 0.6) is 5.75 Å². The summed E-state index contributed by atoms with van der Waals surface area (Å²) in [6, 6.07) is 5.93. The van der Waals surface area contributed by atoms with E-state index in [2.05, 4.69) is 0 Å². The SMILES string of the molecule is O=C1COc2ccc(Cl)cc2CN1C1CCCC1. The summed E-state index contributed by atoms with van der Waals surface area (Å²) in [5.41, 5.74) is 1.01. The highest BCUT2D eigenvalue weighted by molar-refractivity contribution is 6.30. The van der Waals surface area contributed by atoms with E-state index in [0.717, 1.165) is 24.2 Å². The summed E-state index contributed by atoms with van der Waals surface area (Å²) in [4.78, 5) is 14.1. The summed E-state index contributed by atoms with van der Waals surface area (Å²) in [6.45, 7) is 0.768. The van der Waals surface area contributed by atoms with Crippen LogP contribution in [0.4, 0.5) is 0 Å². The molecule has 1 aromatic rings. The molecule has 18 heavy (non-hydrogen) atoms. The number of nitrogens with zero attached hydrogens (tertiary/aromatic N) is 1. The molecule has 1 amide bonds. The van der Waals surface area contributed by atoms with Crippen molar-refractivity contribution in [3.8, 4) is 5.75 Å². The molecule has 3 nitrogen and oxygen atoms in total. The molecule has 1 saturated carbocycles. The fourth-order valence-corrected chi connectivity index (χ4v) is 3.05. The van der Waals surface area contributed by atoms with Crippen LogP contribution in [0.3, 0.4) is 0 Å². The van der Waals surface area contributed by atoms with Gasteiger partial charge in [-0.1, -0.05) is 24.4 Å². The van der Waals surface area contributed by atoms with Crippen LogP contribution in [0.1, 0.15) is 31.2 Å². The number of hydrogen-bond acceptors (Lipinski definition) is 2. The maximum absolute atomic E-state index is 12.1. The molecule has 96 valence electrons. The Morgan fingerprint density at radius 3 is 2.83 bits per heavy atom. The van der Waals surface area contributed by atoms with Crippen LogP contribution >= 0.6 is 11.6 Å². The molecule has 0 bridgehead atoms. The van der Waals surface area contributed by atoms with Crippen molar-refractivity contribution >= 4 is 17.5 Å². The van der Waals surface area contributed by atoms with Crippen molar-refractivity contribution in [2.75, 3.05) is 6.61 Å². The number of carbonyl (C=O) groups is 1. The molecular weight excluding hydrogens is 250 g/mol. The van der Waals surface area contributed by atoms with Gasteiger partial charge in [0.25, 0.3) is 5.91 Å². The van der Waals surface area contributed by atoms with Crippen LogP contribution in [0.15, 0.2) is 18.2 Å². The molecule has 3 rings (SSSR count). The van der Waals surface area contributed by atoms with E-state index in [9.17, 15) is 4.79 Å². The monoisotopic (exact) mass is 265 g/mol. The first-order chi connectivity index (χ1) is 8.74. The van der Waals surface area contributed by atoms with E-state index < -0.39 is 0 Å². The first-order valence-corrected chi connectivity index (χ1v) is 6.82. The first kappa shape index (κ1) is 11.8. The number of halogens is 1. The average Bonchev–Trinajstić information content (AvgIpc) is 2.83. The lowest BCUT2D eigenvalue weighted by Gasteiger charge is -2.27. The summed E-state index contributed by atoms with van der Waals surface area (Å²) in [5, 5.41) is 0.693. The number of ether oxygens (including phenoxy) is 1. The molecule has 0 saturated heterocycles. The molecule has 2 aliphatic rings. The highest BCUT2D eigenvalue weighted by atomic mass is 35.5. The number of hydrogen-bond donors (Lipinski definition) is 0. The van der Waals surface area contributed by atoms with Crippen LogP contribution < -0.4 is 4.74 Å². The van der Waals surface area contributed by atoms with Crippen molar-refractivity contribution in [1.82, 2.24) is 4.90 Å². The highest BCUT2D eigenvalue weighted by Gasteiger charge is 2.29. The zero-order valence-electron chi connectivity index (χ0n) is 10.2. The van der Waals surface area contributed by atoms with Gasteiger partial charge < -0.3 is 9.64 Å². The molecule has 0 spiro atoms. The van der Waals surface area contributed by atoms with E-state index in [4.69, 9.17) is 16.3 Å². The third-order valence-corrected chi connectivity index (χ3v) is 4.04. The minimum absolute atomic E-state index is 0.0919. The Kier molecular flexibility index (Phi) is 3.16. The van der Waals surface area contributed by atoms with Gasteiger partial charge in [0.15, 0.2) is 6.61 Å². The molecular formula is C14H16ClNO2. The van der Waals surface area contributed by atoms with Crippen molar-refractivity contribution < 1.29 is 9.53 Å². The zero-order chi connectivity index (χ0) is 12.5. The standard InChI is InChI=1S/C14H16ClNO2/c15-11-5-6-13-10(7-11)8-16(14(17)9-18-13)12-3-1-2-4-12/h5-7,12H,1-4,8-9H2. The Hall–Kier alpha value is -1.22. The quantitative estimate of drug-likeness (QED) is 0.781. The summed E-state index contributed by atoms with van der Waals surface area (Å²) in [6.07, 6.45) is 4.67. The Morgan fingerprint density at radius 2 is 2.06 bits per heavy atom. The van der Waals surface area contributed by atoms with Crippen LogP contribution in [-0.2, 0) is 11.3 Å². The van der Waals surface area contributed by atoms with Gasteiger partial charge in [0.2, 0.25) is 0 Å². The normalized spacial score (nSPS) is 20.5. The van der Waals surface area contributed by atoms with Crippen LogP contribution in [0, 0.1) is 0 Å². The van der Waals surface area contributed by atoms with Crippen molar-refractivity contribution in [2.45, 2.75) is 38.3 Å². The minimum atomic E-state index is 0.0919. The molecule has 1 fully saturated rings. The van der Waals surface area contributed by atoms with Crippen LogP contribution in [0.25, 0.3) is 0 Å². The van der Waals surface area contributed by atoms with Gasteiger partial charge in [0.1, 0.15) is 5.75 Å². The Bertz CT molecular complexity index is 469. The molecule has 0 radical (unpaired) electrons. The van der Waals surface area contributed by atoms with Gasteiger partial charge >= 0.3 is 0 Å². The van der Waals surface area contributed by atoms with Crippen molar-refractivity contribution in [3.05, 3.63) is 28.8 Å². The van der Waals surface area contributed by atoms with Crippen LogP contribution in [-0.4, -0.2) is 23.5 Å². The Labute approximate surface area is 112 Å². The zero-order valence-corrected chi connectivity index (χ0v) is 10.9. The lowest BCUT2D eigenvalue weighted by Crippen LogP contribution is -2.39. The third-order valence-electron chi connectivity index (χ3n) is 3.80. The predicted molar refractivity (Wildman–Crippen MR) is 69.8 cm³/mol. The number of benzene rings is 1. The van der Waals surface area contributed by atoms with Gasteiger partial charge in [-0.25, -0.2) is 0 Å². The number of fused-ring (bicyclic) bond motifs is 1. The highest BCUT2D eigenvalue weighted by Crippen LogP contribution is 2.31. The van der Waals surface area contributed by atoms with Gasteiger partial charge in [-0.05, 0) is 31.0 Å².